The highest BCUT2D eigenvalue weighted by molar-refractivity contribution is 5.94. The number of carbonyl (C=O) groups excluding carboxylic acids is 2. The van der Waals surface area contributed by atoms with E-state index in [1.54, 1.807) is 4.90 Å². The van der Waals surface area contributed by atoms with Crippen molar-refractivity contribution in [3.63, 3.8) is 0 Å². The Balaban J connectivity index is 1.56. The molecule has 2 heterocycles. The zero-order valence-electron chi connectivity index (χ0n) is 19.1. The second-order valence-electron chi connectivity index (χ2n) is 8.58. The molecular weight excluding hydrogens is 416 g/mol. The largest absolute Gasteiger partial charge is 0.376 e. The zero-order chi connectivity index (χ0) is 23.2. The van der Waals surface area contributed by atoms with Crippen molar-refractivity contribution in [3.8, 4) is 16.9 Å². The maximum Gasteiger partial charge on any atom is 0.246 e. The molecule has 1 atom stereocenters. The second kappa shape index (κ2) is 10.4. The van der Waals surface area contributed by atoms with Crippen LogP contribution in [0.15, 0.2) is 66.9 Å². The molecule has 2 aromatic carbocycles. The summed E-state index contributed by atoms with van der Waals surface area (Å²) in [6.45, 7) is 4.78. The van der Waals surface area contributed by atoms with E-state index >= 15 is 0 Å². The van der Waals surface area contributed by atoms with E-state index in [4.69, 9.17) is 9.72 Å². The summed E-state index contributed by atoms with van der Waals surface area (Å²) in [5, 5.41) is 2.93. The Morgan fingerprint density at radius 3 is 2.45 bits per heavy atom. The van der Waals surface area contributed by atoms with E-state index in [0.717, 1.165) is 29.8 Å². The fourth-order valence-corrected chi connectivity index (χ4v) is 3.97. The Hall–Kier alpha value is -3.45. The van der Waals surface area contributed by atoms with E-state index in [0.29, 0.717) is 19.1 Å². The first-order chi connectivity index (χ1) is 16.0. The van der Waals surface area contributed by atoms with Gasteiger partial charge in [0.2, 0.25) is 17.8 Å². The summed E-state index contributed by atoms with van der Waals surface area (Å²) in [5.74, 6) is -0.129. The van der Waals surface area contributed by atoms with E-state index in [1.165, 1.54) is 0 Å². The summed E-state index contributed by atoms with van der Waals surface area (Å²) < 4.78 is 7.56. The first-order valence-corrected chi connectivity index (χ1v) is 11.4. The van der Waals surface area contributed by atoms with Gasteiger partial charge < -0.3 is 9.64 Å². The van der Waals surface area contributed by atoms with Crippen molar-refractivity contribution in [1.82, 2.24) is 14.5 Å². The first kappa shape index (κ1) is 22.7. The van der Waals surface area contributed by atoms with Crippen molar-refractivity contribution < 1.29 is 14.3 Å². The van der Waals surface area contributed by atoms with Gasteiger partial charge in [-0.3, -0.25) is 19.5 Å². The Labute approximate surface area is 194 Å². The Morgan fingerprint density at radius 1 is 1.12 bits per heavy atom. The van der Waals surface area contributed by atoms with Crippen LogP contribution >= 0.6 is 0 Å². The number of hydrogen-bond acceptors (Lipinski definition) is 4. The summed E-state index contributed by atoms with van der Waals surface area (Å²) in [7, 11) is 0. The highest BCUT2D eigenvalue weighted by Crippen LogP contribution is 2.24. The molecule has 3 aromatic rings. The first-order valence-electron chi connectivity index (χ1n) is 11.4. The molecule has 1 saturated heterocycles. The fourth-order valence-electron chi connectivity index (χ4n) is 3.97. The quantitative estimate of drug-likeness (QED) is 0.564. The molecule has 0 radical (unpaired) electrons. The molecule has 1 unspecified atom stereocenters. The minimum Gasteiger partial charge on any atom is -0.376 e. The number of benzene rings is 2. The molecule has 2 amide bonds. The number of rotatable bonds is 8. The molecule has 0 aliphatic carbocycles. The van der Waals surface area contributed by atoms with Crippen LogP contribution in [-0.2, 0) is 14.3 Å². The summed E-state index contributed by atoms with van der Waals surface area (Å²) in [5.41, 5.74) is 2.60. The number of imidazole rings is 1. The lowest BCUT2D eigenvalue weighted by Crippen LogP contribution is -2.44. The molecular formula is C26H30N4O3. The van der Waals surface area contributed by atoms with Crippen molar-refractivity contribution in [2.75, 3.05) is 25.0 Å². The zero-order valence-corrected chi connectivity index (χ0v) is 19.1. The molecule has 33 heavy (non-hydrogen) atoms. The molecule has 1 aromatic heterocycles. The van der Waals surface area contributed by atoms with Crippen LogP contribution in [0.4, 0.5) is 5.95 Å². The number of carbonyl (C=O) groups is 2. The number of ether oxygens (including phenoxy) is 1. The Morgan fingerprint density at radius 2 is 1.82 bits per heavy atom. The Kier molecular flexibility index (Phi) is 7.19. The van der Waals surface area contributed by atoms with Gasteiger partial charge in [0.25, 0.3) is 0 Å². The average Bonchev–Trinajstić information content (AvgIpc) is 3.49. The van der Waals surface area contributed by atoms with Crippen molar-refractivity contribution in [3.05, 3.63) is 66.9 Å². The van der Waals surface area contributed by atoms with Gasteiger partial charge in [0.15, 0.2) is 0 Å². The van der Waals surface area contributed by atoms with E-state index in [1.807, 2.05) is 85.3 Å². The highest BCUT2D eigenvalue weighted by atomic mass is 16.5. The number of aromatic nitrogens is 2. The number of hydrogen-bond donors (Lipinski definition) is 1. The number of anilines is 1. The lowest BCUT2D eigenvalue weighted by Gasteiger charge is -2.26. The molecule has 0 saturated carbocycles. The third-order valence-corrected chi connectivity index (χ3v) is 5.65. The summed E-state index contributed by atoms with van der Waals surface area (Å²) in [4.78, 5) is 32.1. The number of amides is 2. The molecule has 7 heteroatoms. The lowest BCUT2D eigenvalue weighted by molar-refractivity contribution is -0.139. The van der Waals surface area contributed by atoms with Crippen molar-refractivity contribution in [2.24, 2.45) is 5.92 Å². The monoisotopic (exact) mass is 446 g/mol. The van der Waals surface area contributed by atoms with Crippen molar-refractivity contribution >= 4 is 17.8 Å². The maximum atomic E-state index is 13.1. The van der Waals surface area contributed by atoms with Gasteiger partial charge in [-0.2, -0.15) is 0 Å². The van der Waals surface area contributed by atoms with Crippen LogP contribution in [0.1, 0.15) is 26.7 Å². The second-order valence-corrected chi connectivity index (χ2v) is 8.58. The van der Waals surface area contributed by atoms with Crippen LogP contribution in [0.5, 0.6) is 0 Å². The van der Waals surface area contributed by atoms with Crippen LogP contribution in [0.2, 0.25) is 0 Å². The lowest BCUT2D eigenvalue weighted by atomic mass is 10.1. The van der Waals surface area contributed by atoms with Gasteiger partial charge in [-0.25, -0.2) is 4.98 Å². The third-order valence-electron chi connectivity index (χ3n) is 5.65. The minimum absolute atomic E-state index is 0.0171. The fraction of sp³-hybridized carbons (Fsp3) is 0.346. The topological polar surface area (TPSA) is 76.5 Å². The molecule has 1 aliphatic rings. The summed E-state index contributed by atoms with van der Waals surface area (Å²) >= 11 is 0. The highest BCUT2D eigenvalue weighted by Gasteiger charge is 2.26. The molecule has 7 nitrogen and oxygen atoms in total. The molecule has 0 bridgehead atoms. The normalized spacial score (nSPS) is 15.5. The van der Waals surface area contributed by atoms with Crippen molar-refractivity contribution in [1.29, 1.82) is 0 Å². The number of nitrogens with zero attached hydrogens (tertiary/aromatic N) is 3. The van der Waals surface area contributed by atoms with E-state index in [2.05, 4.69) is 5.32 Å². The maximum absolute atomic E-state index is 13.1. The van der Waals surface area contributed by atoms with Gasteiger partial charge in [0, 0.05) is 36.5 Å². The Bertz CT molecular complexity index is 1070. The number of para-hydroxylation sites is 1. The van der Waals surface area contributed by atoms with E-state index < -0.39 is 0 Å². The van der Waals surface area contributed by atoms with Crippen molar-refractivity contribution in [2.45, 2.75) is 32.8 Å². The van der Waals surface area contributed by atoms with E-state index in [9.17, 15) is 9.59 Å². The van der Waals surface area contributed by atoms with Crippen LogP contribution in [0.25, 0.3) is 16.9 Å². The standard InChI is InChI=1S/C26H30N4O3/c1-19(2)25(32)29(16-22-14-9-15-33-22)18-24(31)28-26-27-23(20-10-5-3-6-11-20)17-30(26)21-12-7-4-8-13-21/h3-8,10-13,17,19,22H,9,14-16,18H2,1-2H3,(H,27,28,31). The SMILES string of the molecule is CC(C)C(=O)N(CC(=O)Nc1nc(-c2ccccc2)cn1-c1ccccc1)CC1CCCO1. The van der Waals surface area contributed by atoms with Crippen LogP contribution in [0, 0.1) is 5.92 Å². The van der Waals surface area contributed by atoms with Gasteiger partial charge in [-0.15, -0.1) is 0 Å². The molecule has 1 N–H and O–H groups in total. The van der Waals surface area contributed by atoms with Gasteiger partial charge in [-0.05, 0) is 25.0 Å². The molecule has 4 rings (SSSR count). The smallest absolute Gasteiger partial charge is 0.246 e. The predicted molar refractivity (Wildman–Crippen MR) is 128 cm³/mol. The summed E-state index contributed by atoms with van der Waals surface area (Å²) in [6, 6.07) is 19.6. The predicted octanol–water partition coefficient (Wildman–Crippen LogP) is 4.14. The summed E-state index contributed by atoms with van der Waals surface area (Å²) in [6.07, 6.45) is 3.78. The number of nitrogens with one attached hydrogen (secondary N) is 1. The van der Waals surface area contributed by atoms with Gasteiger partial charge >= 0.3 is 0 Å². The molecule has 172 valence electrons. The molecule has 1 fully saturated rings. The van der Waals surface area contributed by atoms with Gasteiger partial charge in [-0.1, -0.05) is 62.4 Å². The van der Waals surface area contributed by atoms with Gasteiger partial charge in [0.1, 0.15) is 6.54 Å². The van der Waals surface area contributed by atoms with Crippen LogP contribution in [0.3, 0.4) is 0 Å². The van der Waals surface area contributed by atoms with Crippen LogP contribution < -0.4 is 5.32 Å². The van der Waals surface area contributed by atoms with Gasteiger partial charge in [0.05, 0.1) is 11.8 Å². The third kappa shape index (κ3) is 5.68. The minimum atomic E-state index is -0.288. The van der Waals surface area contributed by atoms with E-state index in [-0.39, 0.29) is 30.4 Å². The molecule has 1 aliphatic heterocycles. The average molecular weight is 447 g/mol. The molecule has 0 spiro atoms. The van der Waals surface area contributed by atoms with Crippen LogP contribution in [-0.4, -0.2) is 52.1 Å².